The maximum Gasteiger partial charge on any atom is 0.340 e. The maximum atomic E-state index is 12.6. The lowest BCUT2D eigenvalue weighted by molar-refractivity contribution is 0.0527. The zero-order chi connectivity index (χ0) is 16.3. The Morgan fingerprint density at radius 3 is 2.59 bits per heavy atom. The van der Waals surface area contributed by atoms with Crippen molar-refractivity contribution in [2.24, 2.45) is 0 Å². The van der Waals surface area contributed by atoms with E-state index in [0.717, 1.165) is 0 Å². The molecule has 0 saturated heterocycles. The van der Waals surface area contributed by atoms with E-state index in [2.05, 4.69) is 6.58 Å². The molecule has 2 aromatic rings. The van der Waals surface area contributed by atoms with Crippen molar-refractivity contribution < 1.29 is 14.3 Å². The number of aromatic nitrogens is 1. The molecule has 0 aliphatic heterocycles. The van der Waals surface area contributed by atoms with Crippen LogP contribution >= 0.6 is 0 Å². The number of fused-ring (bicyclic) bond motifs is 1. The summed E-state index contributed by atoms with van der Waals surface area (Å²) in [4.78, 5) is 26.4. The molecule has 0 radical (unpaired) electrons. The van der Waals surface area contributed by atoms with Crippen LogP contribution in [0.1, 0.15) is 23.0 Å². The molecule has 0 fully saturated rings. The summed E-state index contributed by atoms with van der Waals surface area (Å²) in [5.74, 6) is -0.416. The fourth-order valence-electron chi connectivity index (χ4n) is 2.47. The maximum absolute atomic E-state index is 12.6. The van der Waals surface area contributed by atoms with Crippen molar-refractivity contribution >= 4 is 22.9 Å². The quantitative estimate of drug-likeness (QED) is 0.644. The minimum atomic E-state index is -0.416. The van der Waals surface area contributed by atoms with Gasteiger partial charge in [-0.1, -0.05) is 24.3 Å². The molecule has 0 aliphatic rings. The van der Waals surface area contributed by atoms with Crippen LogP contribution in [0, 0.1) is 0 Å². The van der Waals surface area contributed by atoms with E-state index in [4.69, 9.17) is 4.74 Å². The first-order valence-corrected chi connectivity index (χ1v) is 7.14. The molecule has 116 valence electrons. The Balaban J connectivity index is 2.82. The smallest absolute Gasteiger partial charge is 0.340 e. The summed E-state index contributed by atoms with van der Waals surface area (Å²) < 4.78 is 6.72. The minimum Gasteiger partial charge on any atom is -0.462 e. The Hall–Kier alpha value is -2.56. The van der Waals surface area contributed by atoms with Crippen LogP contribution < -0.4 is 0 Å². The number of carbonyl (C=O) groups excluding carboxylic acids is 2. The highest BCUT2D eigenvalue weighted by Gasteiger charge is 2.26. The predicted molar refractivity (Wildman–Crippen MR) is 86.3 cm³/mol. The number of allylic oxidation sites excluding steroid dienone is 1. The minimum absolute atomic E-state index is 0.205. The van der Waals surface area contributed by atoms with Gasteiger partial charge in [-0.15, -0.1) is 6.58 Å². The van der Waals surface area contributed by atoms with E-state index in [1.165, 1.54) is 4.90 Å². The highest BCUT2D eigenvalue weighted by Crippen LogP contribution is 2.28. The van der Waals surface area contributed by atoms with Crippen LogP contribution in [0.25, 0.3) is 10.9 Å². The molecule has 5 heteroatoms. The van der Waals surface area contributed by atoms with Crippen LogP contribution in [-0.4, -0.2) is 42.2 Å². The van der Waals surface area contributed by atoms with E-state index in [1.807, 2.05) is 24.3 Å². The molecule has 5 nitrogen and oxygen atoms in total. The van der Waals surface area contributed by atoms with Gasteiger partial charge in [0.1, 0.15) is 0 Å². The topological polar surface area (TPSA) is 51.5 Å². The second-order valence-electron chi connectivity index (χ2n) is 5.06. The van der Waals surface area contributed by atoms with Gasteiger partial charge in [0.25, 0.3) is 0 Å². The van der Waals surface area contributed by atoms with Gasteiger partial charge in [-0.25, -0.2) is 9.59 Å². The molecular formula is C17H20N2O3. The Bertz CT molecular complexity index is 729. The second-order valence-corrected chi connectivity index (χ2v) is 5.06. The number of carbonyl (C=O) groups is 2. The number of para-hydroxylation sites is 1. The number of hydrogen-bond donors (Lipinski definition) is 0. The lowest BCUT2D eigenvalue weighted by Crippen LogP contribution is -2.28. The average molecular weight is 300 g/mol. The van der Waals surface area contributed by atoms with Crippen LogP contribution in [0.2, 0.25) is 0 Å². The molecule has 22 heavy (non-hydrogen) atoms. The number of rotatable bonds is 4. The third kappa shape index (κ3) is 2.62. The third-order valence-electron chi connectivity index (χ3n) is 3.36. The largest absolute Gasteiger partial charge is 0.462 e. The Morgan fingerprint density at radius 1 is 1.32 bits per heavy atom. The first kappa shape index (κ1) is 15.8. The first-order valence-electron chi connectivity index (χ1n) is 7.14. The third-order valence-corrected chi connectivity index (χ3v) is 3.36. The summed E-state index contributed by atoms with van der Waals surface area (Å²) in [7, 11) is 3.36. The number of esters is 1. The summed E-state index contributed by atoms with van der Waals surface area (Å²) in [6.45, 7) is 5.77. The molecule has 0 N–H and O–H groups in total. The van der Waals surface area contributed by atoms with E-state index in [1.54, 1.807) is 31.7 Å². The van der Waals surface area contributed by atoms with Crippen LogP contribution in [0.3, 0.4) is 0 Å². The van der Waals surface area contributed by atoms with Gasteiger partial charge in [-0.3, -0.25) is 4.57 Å². The van der Waals surface area contributed by atoms with Crippen molar-refractivity contribution in [1.29, 1.82) is 0 Å². The fraction of sp³-hybridized carbons (Fsp3) is 0.294. The lowest BCUT2D eigenvalue weighted by Gasteiger charge is -2.15. The molecule has 0 atom stereocenters. The highest BCUT2D eigenvalue weighted by atomic mass is 16.5. The Kier molecular flexibility index (Phi) is 4.65. The van der Waals surface area contributed by atoms with E-state index in [9.17, 15) is 9.59 Å². The van der Waals surface area contributed by atoms with Gasteiger partial charge in [0.05, 0.1) is 17.7 Å². The van der Waals surface area contributed by atoms with Gasteiger partial charge in [0.15, 0.2) is 0 Å². The predicted octanol–water partition coefficient (Wildman–Crippen LogP) is 3.08. The van der Waals surface area contributed by atoms with Gasteiger partial charge in [0, 0.05) is 31.6 Å². The van der Waals surface area contributed by atoms with Crippen LogP contribution in [0.15, 0.2) is 36.9 Å². The van der Waals surface area contributed by atoms with E-state index >= 15 is 0 Å². The molecular weight excluding hydrogens is 280 g/mol. The zero-order valence-electron chi connectivity index (χ0n) is 13.1. The summed E-state index contributed by atoms with van der Waals surface area (Å²) in [6.07, 6.45) is 2.08. The zero-order valence-corrected chi connectivity index (χ0v) is 13.1. The first-order chi connectivity index (χ1) is 10.5. The van der Waals surface area contributed by atoms with E-state index in [-0.39, 0.29) is 12.6 Å². The molecule has 2 rings (SSSR count). The van der Waals surface area contributed by atoms with Crippen LogP contribution in [0.4, 0.5) is 4.79 Å². The molecule has 0 bridgehead atoms. The number of nitrogens with zero attached hydrogens (tertiary/aromatic N) is 2. The summed E-state index contributed by atoms with van der Waals surface area (Å²) in [5.41, 5.74) is 1.74. The average Bonchev–Trinajstić information content (AvgIpc) is 2.81. The van der Waals surface area contributed by atoms with Crippen LogP contribution in [0.5, 0.6) is 0 Å². The molecule has 0 spiro atoms. The molecule has 1 amide bonds. The lowest BCUT2D eigenvalue weighted by atomic mass is 10.1. The van der Waals surface area contributed by atoms with Gasteiger partial charge in [-0.05, 0) is 13.0 Å². The van der Waals surface area contributed by atoms with Crippen LogP contribution in [-0.2, 0) is 11.2 Å². The standard InChI is InChI=1S/C17H20N2O3/c1-5-9-14-15(16(20)22-6-2)12-10-7-8-11-13(12)19(14)17(21)18(3)4/h5,7-8,10-11H,1,6,9H2,2-4H3. The Labute approximate surface area is 129 Å². The Morgan fingerprint density at radius 2 is 2.00 bits per heavy atom. The number of benzene rings is 1. The number of amides is 1. The molecule has 0 unspecified atom stereocenters. The highest BCUT2D eigenvalue weighted by molar-refractivity contribution is 6.09. The fourth-order valence-corrected chi connectivity index (χ4v) is 2.47. The van der Waals surface area contributed by atoms with E-state index < -0.39 is 5.97 Å². The molecule has 0 aliphatic carbocycles. The van der Waals surface area contributed by atoms with Crippen molar-refractivity contribution in [1.82, 2.24) is 9.47 Å². The van der Waals surface area contributed by atoms with Gasteiger partial charge < -0.3 is 9.64 Å². The molecule has 0 saturated carbocycles. The van der Waals surface area contributed by atoms with Crippen molar-refractivity contribution in [2.75, 3.05) is 20.7 Å². The monoisotopic (exact) mass is 300 g/mol. The van der Waals surface area contributed by atoms with Crippen molar-refractivity contribution in [3.63, 3.8) is 0 Å². The molecule has 1 aromatic heterocycles. The van der Waals surface area contributed by atoms with Gasteiger partial charge in [0.2, 0.25) is 0 Å². The van der Waals surface area contributed by atoms with Crippen molar-refractivity contribution in [3.05, 3.63) is 48.2 Å². The number of hydrogen-bond acceptors (Lipinski definition) is 3. The second kappa shape index (κ2) is 6.47. The SMILES string of the molecule is C=CCc1c(C(=O)OCC)c2ccccc2n1C(=O)N(C)C. The van der Waals surface area contributed by atoms with Gasteiger partial charge >= 0.3 is 12.0 Å². The summed E-state index contributed by atoms with van der Waals surface area (Å²) in [5, 5.41) is 0.716. The van der Waals surface area contributed by atoms with Crippen molar-refractivity contribution in [2.45, 2.75) is 13.3 Å². The summed E-state index contributed by atoms with van der Waals surface area (Å²) >= 11 is 0. The molecule has 1 aromatic carbocycles. The molecule has 1 heterocycles. The van der Waals surface area contributed by atoms with E-state index in [0.29, 0.717) is 28.6 Å². The van der Waals surface area contributed by atoms with Crippen molar-refractivity contribution in [3.8, 4) is 0 Å². The summed E-state index contributed by atoms with van der Waals surface area (Å²) in [6, 6.07) is 7.13. The number of ether oxygens (including phenoxy) is 1. The van der Waals surface area contributed by atoms with Gasteiger partial charge in [-0.2, -0.15) is 0 Å². The normalized spacial score (nSPS) is 10.5.